The molecule has 2 heterocycles. The summed E-state index contributed by atoms with van der Waals surface area (Å²) < 4.78 is 10.9. The summed E-state index contributed by atoms with van der Waals surface area (Å²) in [6.45, 7) is 2.04. The molecule has 0 atom stereocenters. The summed E-state index contributed by atoms with van der Waals surface area (Å²) in [5.74, 6) is 0.630. The largest absolute Gasteiger partial charge is 0.423 e. The van der Waals surface area contributed by atoms with E-state index in [1.54, 1.807) is 12.1 Å². The first kappa shape index (κ1) is 18.9. The van der Waals surface area contributed by atoms with Gasteiger partial charge < -0.3 is 8.83 Å². The Hall–Kier alpha value is -3.46. The van der Waals surface area contributed by atoms with Gasteiger partial charge >= 0.3 is 5.63 Å². The van der Waals surface area contributed by atoms with Gasteiger partial charge in [0, 0.05) is 34.9 Å². The fourth-order valence-electron chi connectivity index (χ4n) is 2.89. The molecule has 2 aromatic heterocycles. The zero-order chi connectivity index (χ0) is 20.4. The molecule has 0 unspecified atom stereocenters. The normalized spacial score (nSPS) is 11.1. The van der Waals surface area contributed by atoms with Crippen molar-refractivity contribution in [3.05, 3.63) is 80.2 Å². The Morgan fingerprint density at radius 1 is 1.10 bits per heavy atom. The Morgan fingerprint density at radius 2 is 1.97 bits per heavy atom. The number of hydrogen-bond donors (Lipinski definition) is 0. The van der Waals surface area contributed by atoms with Gasteiger partial charge in [0.2, 0.25) is 5.89 Å². The zero-order valence-electron chi connectivity index (χ0n) is 15.3. The average molecular weight is 409 g/mol. The zero-order valence-corrected chi connectivity index (χ0v) is 16.1. The van der Waals surface area contributed by atoms with Crippen molar-refractivity contribution in [2.24, 2.45) is 0 Å². The molecule has 8 nitrogen and oxygen atoms in total. The highest BCUT2D eigenvalue weighted by atomic mass is 32.2. The maximum atomic E-state index is 11.9. The van der Waals surface area contributed by atoms with Crippen LogP contribution in [-0.2, 0) is 12.2 Å². The van der Waals surface area contributed by atoms with Crippen molar-refractivity contribution in [1.29, 1.82) is 0 Å². The lowest BCUT2D eigenvalue weighted by Crippen LogP contribution is -2.00. The lowest BCUT2D eigenvalue weighted by atomic mass is 10.1. The topological polar surface area (TPSA) is 112 Å². The molecule has 4 rings (SSSR count). The number of aryl methyl sites for hydroxylation is 1. The van der Waals surface area contributed by atoms with Gasteiger partial charge in [-0.2, -0.15) is 0 Å². The molecular weight excluding hydrogens is 394 g/mol. The molecule has 146 valence electrons. The number of thioether (sulfide) groups is 1. The van der Waals surface area contributed by atoms with E-state index in [0.717, 1.165) is 22.9 Å². The lowest BCUT2D eigenvalue weighted by Gasteiger charge is -2.05. The van der Waals surface area contributed by atoms with Crippen LogP contribution >= 0.6 is 11.8 Å². The number of benzene rings is 2. The Balaban J connectivity index is 1.57. The first-order valence-corrected chi connectivity index (χ1v) is 9.79. The van der Waals surface area contributed by atoms with Crippen LogP contribution in [0.5, 0.6) is 0 Å². The fourth-order valence-corrected chi connectivity index (χ4v) is 3.64. The predicted molar refractivity (Wildman–Crippen MR) is 108 cm³/mol. The van der Waals surface area contributed by atoms with Gasteiger partial charge in [-0.25, -0.2) is 4.79 Å². The molecule has 0 aliphatic heterocycles. The minimum atomic E-state index is -0.481. The Labute approximate surface area is 168 Å². The molecule has 0 fully saturated rings. The maximum Gasteiger partial charge on any atom is 0.336 e. The van der Waals surface area contributed by atoms with Gasteiger partial charge in [0.05, 0.1) is 4.92 Å². The van der Waals surface area contributed by atoms with E-state index in [0.29, 0.717) is 22.1 Å². The summed E-state index contributed by atoms with van der Waals surface area (Å²) >= 11 is 1.28. The Morgan fingerprint density at radius 3 is 2.76 bits per heavy atom. The smallest absolute Gasteiger partial charge is 0.336 e. The summed E-state index contributed by atoms with van der Waals surface area (Å²) in [5.41, 5.74) is 2.45. The van der Waals surface area contributed by atoms with Crippen molar-refractivity contribution in [3.63, 3.8) is 0 Å². The molecule has 0 radical (unpaired) electrons. The number of aromatic nitrogens is 2. The lowest BCUT2D eigenvalue weighted by molar-refractivity contribution is -0.384. The molecule has 0 saturated carbocycles. The monoisotopic (exact) mass is 409 g/mol. The van der Waals surface area contributed by atoms with E-state index < -0.39 is 10.5 Å². The predicted octanol–water partition coefficient (Wildman–Crippen LogP) is 4.61. The molecule has 9 heteroatoms. The van der Waals surface area contributed by atoms with Crippen molar-refractivity contribution in [1.82, 2.24) is 10.2 Å². The molecule has 0 amide bonds. The number of hydrogen-bond acceptors (Lipinski definition) is 8. The van der Waals surface area contributed by atoms with Crippen molar-refractivity contribution in [2.45, 2.75) is 24.3 Å². The van der Waals surface area contributed by atoms with Crippen LogP contribution in [0.4, 0.5) is 5.69 Å². The highest BCUT2D eigenvalue weighted by Crippen LogP contribution is 2.29. The molecule has 4 aromatic rings. The molecule has 0 aliphatic carbocycles. The highest BCUT2D eigenvalue weighted by molar-refractivity contribution is 7.98. The summed E-state index contributed by atoms with van der Waals surface area (Å²) in [5, 5.41) is 20.0. The first-order valence-electron chi connectivity index (χ1n) is 8.80. The third-order valence-electron chi connectivity index (χ3n) is 4.36. The van der Waals surface area contributed by atoms with Crippen molar-refractivity contribution >= 4 is 28.4 Å². The maximum absolute atomic E-state index is 11.9. The molecule has 2 aromatic carbocycles. The van der Waals surface area contributed by atoms with Crippen LogP contribution in [-0.4, -0.2) is 15.1 Å². The Kier molecular flexibility index (Phi) is 5.13. The van der Waals surface area contributed by atoms with Crippen LogP contribution in [0.25, 0.3) is 22.4 Å². The Bertz CT molecular complexity index is 1260. The molecule has 29 heavy (non-hydrogen) atoms. The summed E-state index contributed by atoms with van der Waals surface area (Å²) in [4.78, 5) is 22.4. The number of nitrogens with zero attached hydrogens (tertiary/aromatic N) is 3. The minimum Gasteiger partial charge on any atom is -0.423 e. The van der Waals surface area contributed by atoms with Crippen molar-refractivity contribution in [2.75, 3.05) is 0 Å². The molecule has 0 spiro atoms. The van der Waals surface area contributed by atoms with Crippen LogP contribution < -0.4 is 5.63 Å². The molecular formula is C20H15N3O5S. The van der Waals surface area contributed by atoms with Gasteiger partial charge in [-0.1, -0.05) is 36.9 Å². The van der Waals surface area contributed by atoms with Gasteiger partial charge in [-0.05, 0) is 29.7 Å². The van der Waals surface area contributed by atoms with E-state index >= 15 is 0 Å². The van der Waals surface area contributed by atoms with Crippen LogP contribution in [0.1, 0.15) is 18.1 Å². The third-order valence-corrected chi connectivity index (χ3v) is 5.23. The van der Waals surface area contributed by atoms with Gasteiger partial charge in [-0.15, -0.1) is 10.2 Å². The second-order valence-corrected chi connectivity index (χ2v) is 7.17. The van der Waals surface area contributed by atoms with Gasteiger partial charge in [0.15, 0.2) is 0 Å². The first-order chi connectivity index (χ1) is 14.0. The van der Waals surface area contributed by atoms with Crippen LogP contribution in [0.2, 0.25) is 0 Å². The van der Waals surface area contributed by atoms with E-state index in [9.17, 15) is 14.9 Å². The van der Waals surface area contributed by atoms with Crippen LogP contribution in [0, 0.1) is 10.1 Å². The minimum absolute atomic E-state index is 0.0520. The number of nitro groups is 1. The van der Waals surface area contributed by atoms with E-state index in [-0.39, 0.29) is 11.6 Å². The second kappa shape index (κ2) is 7.88. The van der Waals surface area contributed by atoms with E-state index in [2.05, 4.69) is 10.2 Å². The SMILES string of the molecule is CCc1ccc2c(CSc3nnc(-c4cccc([N+](=O)[O-])c4)o3)cc(=O)oc2c1. The van der Waals surface area contributed by atoms with Crippen LogP contribution in [0.3, 0.4) is 0 Å². The summed E-state index contributed by atoms with van der Waals surface area (Å²) in [6.07, 6.45) is 0.848. The molecule has 0 N–H and O–H groups in total. The van der Waals surface area contributed by atoms with E-state index in [1.165, 1.54) is 30.0 Å². The summed E-state index contributed by atoms with van der Waals surface area (Å²) in [7, 11) is 0. The van der Waals surface area contributed by atoms with Crippen LogP contribution in [0.15, 0.2) is 67.4 Å². The number of non-ortho nitro benzene ring substituents is 1. The average Bonchev–Trinajstić information content (AvgIpc) is 3.20. The van der Waals surface area contributed by atoms with Gasteiger partial charge in [0.25, 0.3) is 10.9 Å². The molecule has 0 aliphatic rings. The summed E-state index contributed by atoms with van der Waals surface area (Å²) in [6, 6.07) is 13.3. The van der Waals surface area contributed by atoms with Crippen molar-refractivity contribution < 1.29 is 13.8 Å². The second-order valence-electron chi connectivity index (χ2n) is 6.24. The van der Waals surface area contributed by atoms with E-state index in [1.807, 2.05) is 25.1 Å². The van der Waals surface area contributed by atoms with Gasteiger partial charge in [0.1, 0.15) is 5.58 Å². The van der Waals surface area contributed by atoms with Crippen molar-refractivity contribution in [3.8, 4) is 11.5 Å². The fraction of sp³-hybridized carbons (Fsp3) is 0.150. The number of fused-ring (bicyclic) bond motifs is 1. The van der Waals surface area contributed by atoms with Gasteiger partial charge in [-0.3, -0.25) is 10.1 Å². The highest BCUT2D eigenvalue weighted by Gasteiger charge is 2.14. The van der Waals surface area contributed by atoms with E-state index in [4.69, 9.17) is 8.83 Å². The standard InChI is InChI=1S/C20H15N3O5S/c1-2-12-6-7-16-14(10-18(24)27-17(16)8-12)11-29-20-22-21-19(28-20)13-4-3-5-15(9-13)23(25)26/h3-10H,2,11H2,1H3. The number of rotatable bonds is 6. The third kappa shape index (κ3) is 4.04. The number of nitro benzene ring substituents is 1. The quantitative estimate of drug-likeness (QED) is 0.196. The molecule has 0 saturated heterocycles. The molecule has 0 bridgehead atoms.